The summed E-state index contributed by atoms with van der Waals surface area (Å²) in [5, 5.41) is 6.23. The highest BCUT2D eigenvalue weighted by Crippen LogP contribution is 2.09. The number of benzene rings is 1. The summed E-state index contributed by atoms with van der Waals surface area (Å²) < 4.78 is 0. The lowest BCUT2D eigenvalue weighted by atomic mass is 10.1. The molecular weight excluding hydrogens is 224 g/mol. The first-order valence-corrected chi connectivity index (χ1v) is 6.69. The number of nitrogens with one attached hydrogen (secondary N) is 2. The molecule has 0 saturated carbocycles. The van der Waals surface area contributed by atoms with Crippen LogP contribution in [0.3, 0.4) is 0 Å². The van der Waals surface area contributed by atoms with Crippen LogP contribution in [0.4, 0.5) is 5.69 Å². The second kappa shape index (κ2) is 7.88. The van der Waals surface area contributed by atoms with E-state index in [4.69, 9.17) is 0 Å². The van der Waals surface area contributed by atoms with Crippen molar-refractivity contribution in [2.45, 2.75) is 33.6 Å². The van der Waals surface area contributed by atoms with Crippen molar-refractivity contribution in [2.24, 2.45) is 5.92 Å². The van der Waals surface area contributed by atoms with Crippen molar-refractivity contribution in [3.05, 3.63) is 29.8 Å². The first-order chi connectivity index (χ1) is 8.61. The molecule has 1 rings (SSSR count). The quantitative estimate of drug-likeness (QED) is 0.729. The second-order valence-corrected chi connectivity index (χ2v) is 4.85. The molecule has 3 heteroatoms. The van der Waals surface area contributed by atoms with E-state index in [9.17, 15) is 4.79 Å². The van der Waals surface area contributed by atoms with E-state index in [2.05, 4.69) is 36.6 Å². The molecule has 0 unspecified atom stereocenters. The first-order valence-electron chi connectivity index (χ1n) is 6.69. The van der Waals surface area contributed by atoms with Crippen LogP contribution in [0.25, 0.3) is 0 Å². The van der Waals surface area contributed by atoms with Crippen molar-refractivity contribution >= 4 is 11.6 Å². The predicted molar refractivity (Wildman–Crippen MR) is 76.8 cm³/mol. The fourth-order valence-electron chi connectivity index (χ4n) is 1.68. The Labute approximate surface area is 110 Å². The fraction of sp³-hybridized carbons (Fsp3) is 0.533. The molecule has 1 atom stereocenters. The minimum absolute atomic E-state index is 0.0297. The molecule has 0 radical (unpaired) electrons. The summed E-state index contributed by atoms with van der Waals surface area (Å²) in [6.07, 6.45) is 2.25. The molecule has 0 spiro atoms. The van der Waals surface area contributed by atoms with Gasteiger partial charge in [0.05, 0.1) is 0 Å². The van der Waals surface area contributed by atoms with Gasteiger partial charge >= 0.3 is 0 Å². The Bertz CT molecular complexity index is 359. The monoisotopic (exact) mass is 248 g/mol. The standard InChI is InChI=1S/C15H24N2O/c1-4-12(2)11-16-10-9-14-5-7-15(8-6-14)17-13(3)18/h5-8,12,16H,4,9-11H2,1-3H3,(H,17,18)/t12-/m0/s1. The molecular formula is C15H24N2O. The zero-order valence-corrected chi connectivity index (χ0v) is 11.6. The number of anilines is 1. The summed E-state index contributed by atoms with van der Waals surface area (Å²) in [6, 6.07) is 8.03. The third-order valence-corrected chi connectivity index (χ3v) is 3.05. The van der Waals surface area contributed by atoms with Gasteiger partial charge in [-0.15, -0.1) is 0 Å². The summed E-state index contributed by atoms with van der Waals surface area (Å²) >= 11 is 0. The van der Waals surface area contributed by atoms with Crippen molar-refractivity contribution in [2.75, 3.05) is 18.4 Å². The van der Waals surface area contributed by atoms with Gasteiger partial charge in [-0.1, -0.05) is 32.4 Å². The van der Waals surface area contributed by atoms with E-state index in [1.807, 2.05) is 12.1 Å². The molecule has 0 aliphatic carbocycles. The number of carbonyl (C=O) groups excluding carboxylic acids is 1. The van der Waals surface area contributed by atoms with Crippen LogP contribution in [0.5, 0.6) is 0 Å². The van der Waals surface area contributed by atoms with Crippen LogP contribution >= 0.6 is 0 Å². The van der Waals surface area contributed by atoms with Crippen molar-refractivity contribution in [3.8, 4) is 0 Å². The Hall–Kier alpha value is -1.35. The molecule has 100 valence electrons. The molecule has 0 aromatic heterocycles. The van der Waals surface area contributed by atoms with Gasteiger partial charge in [0, 0.05) is 12.6 Å². The normalized spacial score (nSPS) is 12.2. The van der Waals surface area contributed by atoms with Gasteiger partial charge in [0.15, 0.2) is 0 Å². The molecule has 3 nitrogen and oxygen atoms in total. The smallest absolute Gasteiger partial charge is 0.221 e. The van der Waals surface area contributed by atoms with Gasteiger partial charge in [-0.05, 0) is 43.1 Å². The molecule has 0 aliphatic heterocycles. The van der Waals surface area contributed by atoms with Gasteiger partial charge in [-0.25, -0.2) is 0 Å². The molecule has 18 heavy (non-hydrogen) atoms. The zero-order valence-electron chi connectivity index (χ0n) is 11.6. The Kier molecular flexibility index (Phi) is 6.44. The summed E-state index contributed by atoms with van der Waals surface area (Å²) in [6.45, 7) is 8.08. The molecule has 2 N–H and O–H groups in total. The Morgan fingerprint density at radius 2 is 1.94 bits per heavy atom. The Morgan fingerprint density at radius 3 is 2.50 bits per heavy atom. The number of hydrogen-bond donors (Lipinski definition) is 2. The van der Waals surface area contributed by atoms with Crippen molar-refractivity contribution in [1.82, 2.24) is 5.32 Å². The Morgan fingerprint density at radius 1 is 1.28 bits per heavy atom. The van der Waals surface area contributed by atoms with E-state index >= 15 is 0 Å². The highest BCUT2D eigenvalue weighted by Gasteiger charge is 1.99. The average molecular weight is 248 g/mol. The highest BCUT2D eigenvalue weighted by molar-refractivity contribution is 5.88. The van der Waals surface area contributed by atoms with Gasteiger partial charge in [-0.2, -0.15) is 0 Å². The molecule has 0 heterocycles. The van der Waals surface area contributed by atoms with Crippen LogP contribution in [-0.2, 0) is 11.2 Å². The predicted octanol–water partition coefficient (Wildman–Crippen LogP) is 2.82. The number of rotatable bonds is 7. The lowest BCUT2D eigenvalue weighted by molar-refractivity contribution is -0.114. The van der Waals surface area contributed by atoms with Crippen LogP contribution < -0.4 is 10.6 Å². The summed E-state index contributed by atoms with van der Waals surface area (Å²) in [5.74, 6) is 0.713. The zero-order chi connectivity index (χ0) is 13.4. The number of amides is 1. The van der Waals surface area contributed by atoms with E-state index in [-0.39, 0.29) is 5.91 Å². The maximum Gasteiger partial charge on any atom is 0.221 e. The molecule has 0 bridgehead atoms. The molecule has 0 aliphatic rings. The fourth-order valence-corrected chi connectivity index (χ4v) is 1.68. The third kappa shape index (κ3) is 5.82. The molecule has 1 aromatic carbocycles. The first kappa shape index (κ1) is 14.7. The van der Waals surface area contributed by atoms with Gasteiger partial charge in [0.25, 0.3) is 0 Å². The maximum atomic E-state index is 10.9. The van der Waals surface area contributed by atoms with E-state index < -0.39 is 0 Å². The highest BCUT2D eigenvalue weighted by atomic mass is 16.1. The maximum absolute atomic E-state index is 10.9. The Balaban J connectivity index is 2.28. The van der Waals surface area contributed by atoms with Crippen molar-refractivity contribution < 1.29 is 4.79 Å². The van der Waals surface area contributed by atoms with Crippen LogP contribution in [0.2, 0.25) is 0 Å². The lowest BCUT2D eigenvalue weighted by Crippen LogP contribution is -2.23. The van der Waals surface area contributed by atoms with Gasteiger partial charge < -0.3 is 10.6 Å². The van der Waals surface area contributed by atoms with E-state index in [0.29, 0.717) is 0 Å². The number of hydrogen-bond acceptors (Lipinski definition) is 2. The minimum Gasteiger partial charge on any atom is -0.326 e. The van der Waals surface area contributed by atoms with Gasteiger partial charge in [0.1, 0.15) is 0 Å². The second-order valence-electron chi connectivity index (χ2n) is 4.85. The van der Waals surface area contributed by atoms with Crippen LogP contribution in [0.1, 0.15) is 32.8 Å². The van der Waals surface area contributed by atoms with E-state index in [1.165, 1.54) is 18.9 Å². The summed E-state index contributed by atoms with van der Waals surface area (Å²) in [4.78, 5) is 10.9. The van der Waals surface area contributed by atoms with Crippen molar-refractivity contribution in [1.29, 1.82) is 0 Å². The van der Waals surface area contributed by atoms with E-state index in [0.717, 1.165) is 31.1 Å². The molecule has 0 fully saturated rings. The third-order valence-electron chi connectivity index (χ3n) is 3.05. The number of carbonyl (C=O) groups is 1. The topological polar surface area (TPSA) is 41.1 Å². The van der Waals surface area contributed by atoms with Crippen molar-refractivity contribution in [3.63, 3.8) is 0 Å². The largest absolute Gasteiger partial charge is 0.326 e. The minimum atomic E-state index is -0.0297. The molecule has 1 amide bonds. The molecule has 0 saturated heterocycles. The van der Waals surface area contributed by atoms with E-state index in [1.54, 1.807) is 0 Å². The summed E-state index contributed by atoms with van der Waals surface area (Å²) in [5.41, 5.74) is 2.15. The van der Waals surface area contributed by atoms with Crippen LogP contribution in [0.15, 0.2) is 24.3 Å². The lowest BCUT2D eigenvalue weighted by Gasteiger charge is -2.10. The summed E-state index contributed by atoms with van der Waals surface area (Å²) in [7, 11) is 0. The van der Waals surface area contributed by atoms with Gasteiger partial charge in [0.2, 0.25) is 5.91 Å². The van der Waals surface area contributed by atoms with Gasteiger partial charge in [-0.3, -0.25) is 4.79 Å². The molecule has 1 aromatic rings. The van der Waals surface area contributed by atoms with Crippen LogP contribution in [0, 0.1) is 5.92 Å². The SMILES string of the molecule is CC[C@H](C)CNCCc1ccc(NC(C)=O)cc1. The van der Waals surface area contributed by atoms with Crippen LogP contribution in [-0.4, -0.2) is 19.0 Å². The average Bonchev–Trinajstić information content (AvgIpc) is 2.35.